The van der Waals surface area contributed by atoms with Crippen molar-refractivity contribution < 1.29 is 9.31 Å². The van der Waals surface area contributed by atoms with Crippen LogP contribution in [0.2, 0.25) is 0 Å². The standard InChI is InChI=1S/C19H16BNO2/c1-3-16(15-7-9-21-10-8-15)13-17(4-1)18-5-2-6-19(14-18)20-22-11-12-23-20/h1-10,13-14H,11-12H2. The van der Waals surface area contributed by atoms with Crippen LogP contribution in [0.5, 0.6) is 0 Å². The number of benzene rings is 2. The fraction of sp³-hybridized carbons (Fsp3) is 0.105. The van der Waals surface area contributed by atoms with Crippen molar-refractivity contribution in [3.8, 4) is 22.3 Å². The zero-order valence-corrected chi connectivity index (χ0v) is 12.7. The van der Waals surface area contributed by atoms with Crippen LogP contribution in [0, 0.1) is 0 Å². The smallest absolute Gasteiger partial charge is 0.405 e. The molecule has 0 bridgehead atoms. The van der Waals surface area contributed by atoms with E-state index in [1.165, 1.54) is 16.7 Å². The molecule has 0 aliphatic carbocycles. The van der Waals surface area contributed by atoms with Crippen molar-refractivity contribution in [1.82, 2.24) is 4.98 Å². The number of nitrogens with zero attached hydrogens (tertiary/aromatic N) is 1. The molecule has 1 aliphatic rings. The molecule has 1 saturated heterocycles. The lowest BCUT2D eigenvalue weighted by atomic mass is 9.78. The Morgan fingerprint density at radius 3 is 2.04 bits per heavy atom. The number of hydrogen-bond acceptors (Lipinski definition) is 3. The molecule has 0 saturated carbocycles. The van der Waals surface area contributed by atoms with E-state index in [1.54, 1.807) is 0 Å². The highest BCUT2D eigenvalue weighted by Crippen LogP contribution is 2.25. The van der Waals surface area contributed by atoms with Crippen LogP contribution in [0.1, 0.15) is 0 Å². The lowest BCUT2D eigenvalue weighted by Crippen LogP contribution is -2.31. The topological polar surface area (TPSA) is 31.4 Å². The lowest BCUT2D eigenvalue weighted by Gasteiger charge is -2.09. The maximum Gasteiger partial charge on any atom is 0.494 e. The Kier molecular flexibility index (Phi) is 3.93. The van der Waals surface area contributed by atoms with E-state index in [4.69, 9.17) is 9.31 Å². The highest BCUT2D eigenvalue weighted by Gasteiger charge is 2.26. The maximum atomic E-state index is 5.59. The fourth-order valence-corrected chi connectivity index (χ4v) is 2.84. The van der Waals surface area contributed by atoms with Gasteiger partial charge in [-0.25, -0.2) is 0 Å². The predicted octanol–water partition coefficient (Wildman–Crippen LogP) is 3.16. The molecule has 2 aromatic carbocycles. The zero-order chi connectivity index (χ0) is 15.5. The summed E-state index contributed by atoms with van der Waals surface area (Å²) in [6.45, 7) is 1.32. The van der Waals surface area contributed by atoms with Gasteiger partial charge < -0.3 is 9.31 Å². The third-order valence-electron chi connectivity index (χ3n) is 3.99. The van der Waals surface area contributed by atoms with E-state index in [2.05, 4.69) is 47.4 Å². The van der Waals surface area contributed by atoms with Crippen LogP contribution in [0.25, 0.3) is 22.3 Å². The van der Waals surface area contributed by atoms with Crippen LogP contribution in [-0.4, -0.2) is 25.3 Å². The molecule has 4 rings (SSSR count). The molecule has 1 fully saturated rings. The van der Waals surface area contributed by atoms with Gasteiger partial charge in [-0.2, -0.15) is 0 Å². The molecule has 0 N–H and O–H groups in total. The number of pyridine rings is 1. The van der Waals surface area contributed by atoms with E-state index < -0.39 is 0 Å². The Morgan fingerprint density at radius 1 is 0.696 bits per heavy atom. The van der Waals surface area contributed by atoms with Gasteiger partial charge in [0.2, 0.25) is 0 Å². The van der Waals surface area contributed by atoms with Crippen LogP contribution in [0.3, 0.4) is 0 Å². The van der Waals surface area contributed by atoms with E-state index in [9.17, 15) is 0 Å². The first kappa shape index (κ1) is 14.2. The van der Waals surface area contributed by atoms with Crippen LogP contribution in [-0.2, 0) is 9.31 Å². The number of aromatic nitrogens is 1. The molecule has 2 heterocycles. The van der Waals surface area contributed by atoms with Gasteiger partial charge in [-0.05, 0) is 45.9 Å². The minimum Gasteiger partial charge on any atom is -0.405 e. The van der Waals surface area contributed by atoms with Crippen LogP contribution < -0.4 is 5.46 Å². The first-order chi connectivity index (χ1) is 11.4. The molecule has 0 radical (unpaired) electrons. The molecule has 0 unspecified atom stereocenters. The summed E-state index contributed by atoms with van der Waals surface area (Å²) < 4.78 is 11.2. The van der Waals surface area contributed by atoms with Crippen molar-refractivity contribution in [2.75, 3.05) is 13.2 Å². The van der Waals surface area contributed by atoms with E-state index in [0.29, 0.717) is 13.2 Å². The van der Waals surface area contributed by atoms with Crippen molar-refractivity contribution in [2.24, 2.45) is 0 Å². The van der Waals surface area contributed by atoms with E-state index in [-0.39, 0.29) is 7.12 Å². The van der Waals surface area contributed by atoms with Gasteiger partial charge in [-0.3, -0.25) is 4.98 Å². The van der Waals surface area contributed by atoms with E-state index >= 15 is 0 Å². The molecule has 0 atom stereocenters. The molecule has 23 heavy (non-hydrogen) atoms. The Morgan fingerprint density at radius 2 is 1.30 bits per heavy atom. The Labute approximate surface area is 136 Å². The largest absolute Gasteiger partial charge is 0.494 e. The summed E-state index contributed by atoms with van der Waals surface area (Å²) in [5.41, 5.74) is 5.76. The fourth-order valence-electron chi connectivity index (χ4n) is 2.84. The second kappa shape index (κ2) is 6.36. The summed E-state index contributed by atoms with van der Waals surface area (Å²) in [6, 6.07) is 20.9. The van der Waals surface area contributed by atoms with E-state index in [1.807, 2.05) is 30.6 Å². The number of hydrogen-bond donors (Lipinski definition) is 0. The average molecular weight is 301 g/mol. The third kappa shape index (κ3) is 3.04. The quantitative estimate of drug-likeness (QED) is 0.696. The van der Waals surface area contributed by atoms with Gasteiger partial charge in [0.15, 0.2) is 0 Å². The molecular formula is C19H16BNO2. The first-order valence-electron chi connectivity index (χ1n) is 7.74. The van der Waals surface area contributed by atoms with Gasteiger partial charge >= 0.3 is 7.12 Å². The Balaban J connectivity index is 1.69. The summed E-state index contributed by atoms with van der Waals surface area (Å²) in [7, 11) is -0.238. The van der Waals surface area contributed by atoms with Gasteiger partial charge in [-0.1, -0.05) is 42.5 Å². The summed E-state index contributed by atoms with van der Waals surface area (Å²) in [4.78, 5) is 4.08. The summed E-state index contributed by atoms with van der Waals surface area (Å²) in [5.74, 6) is 0. The summed E-state index contributed by atoms with van der Waals surface area (Å²) in [6.07, 6.45) is 3.63. The van der Waals surface area contributed by atoms with Crippen molar-refractivity contribution in [3.63, 3.8) is 0 Å². The summed E-state index contributed by atoms with van der Waals surface area (Å²) >= 11 is 0. The van der Waals surface area contributed by atoms with Gasteiger partial charge in [0.25, 0.3) is 0 Å². The van der Waals surface area contributed by atoms with Crippen LogP contribution >= 0.6 is 0 Å². The molecule has 3 aromatic rings. The van der Waals surface area contributed by atoms with Crippen molar-refractivity contribution >= 4 is 12.6 Å². The maximum absolute atomic E-state index is 5.59. The SMILES string of the molecule is c1cc(B2OCCO2)cc(-c2cccc(-c3ccncc3)c2)c1. The van der Waals surface area contributed by atoms with Gasteiger partial charge in [0.05, 0.1) is 13.2 Å². The zero-order valence-electron chi connectivity index (χ0n) is 12.7. The van der Waals surface area contributed by atoms with Crippen molar-refractivity contribution in [2.45, 2.75) is 0 Å². The molecular weight excluding hydrogens is 285 g/mol. The molecule has 4 heteroatoms. The lowest BCUT2D eigenvalue weighted by molar-refractivity contribution is 0.365. The molecule has 3 nitrogen and oxygen atoms in total. The number of rotatable bonds is 3. The van der Waals surface area contributed by atoms with Crippen molar-refractivity contribution in [3.05, 3.63) is 73.1 Å². The minimum absolute atomic E-state index is 0.238. The highest BCUT2D eigenvalue weighted by atomic mass is 16.6. The van der Waals surface area contributed by atoms with E-state index in [0.717, 1.165) is 11.0 Å². The average Bonchev–Trinajstić information content (AvgIpc) is 3.18. The molecule has 1 aliphatic heterocycles. The predicted molar refractivity (Wildman–Crippen MR) is 92.4 cm³/mol. The van der Waals surface area contributed by atoms with Crippen LogP contribution in [0.4, 0.5) is 0 Å². The van der Waals surface area contributed by atoms with Crippen LogP contribution in [0.15, 0.2) is 73.1 Å². The monoisotopic (exact) mass is 301 g/mol. The van der Waals surface area contributed by atoms with Crippen molar-refractivity contribution in [1.29, 1.82) is 0 Å². The molecule has 112 valence electrons. The van der Waals surface area contributed by atoms with Gasteiger partial charge in [-0.15, -0.1) is 0 Å². The second-order valence-electron chi connectivity index (χ2n) is 5.52. The highest BCUT2D eigenvalue weighted by molar-refractivity contribution is 6.61. The Bertz CT molecular complexity index is 801. The van der Waals surface area contributed by atoms with Gasteiger partial charge in [0.1, 0.15) is 0 Å². The minimum atomic E-state index is -0.238. The first-order valence-corrected chi connectivity index (χ1v) is 7.74. The second-order valence-corrected chi connectivity index (χ2v) is 5.52. The molecule has 1 aromatic heterocycles. The van der Waals surface area contributed by atoms with Gasteiger partial charge in [0, 0.05) is 12.4 Å². The third-order valence-corrected chi connectivity index (χ3v) is 3.99. The molecule has 0 spiro atoms. The normalized spacial score (nSPS) is 14.2. The Hall–Kier alpha value is -2.43. The summed E-state index contributed by atoms with van der Waals surface area (Å²) in [5, 5.41) is 0. The molecule has 0 amide bonds.